The molecule has 4 rings (SSSR count). The third kappa shape index (κ3) is 5.41. The van der Waals surface area contributed by atoms with Gasteiger partial charge >= 0.3 is 0 Å². The number of amides is 1. The van der Waals surface area contributed by atoms with E-state index >= 15 is 0 Å². The van der Waals surface area contributed by atoms with E-state index in [9.17, 15) is 18.3 Å². The van der Waals surface area contributed by atoms with Gasteiger partial charge in [-0.05, 0) is 47.0 Å². The van der Waals surface area contributed by atoms with E-state index < -0.39 is 10.6 Å². The second-order valence-corrected chi connectivity index (χ2v) is 9.91. The molecular formula is C23H24FN3O3S. The predicted octanol–water partition coefficient (Wildman–Crippen LogP) is 4.39. The molecule has 162 valence electrons. The summed E-state index contributed by atoms with van der Waals surface area (Å²) in [6.07, 6.45) is 1.72. The largest absolute Gasteiger partial charge is 0.353 e. The number of aromatic nitrogens is 1. The fraction of sp³-hybridized carbons (Fsp3) is 0.217. The first kappa shape index (κ1) is 21.3. The van der Waals surface area contributed by atoms with Crippen LogP contribution in [0.2, 0.25) is 0 Å². The molecule has 1 fully saturated rings. The lowest BCUT2D eigenvalue weighted by molar-refractivity contribution is 0.0951. The molecule has 0 atom stereocenters. The van der Waals surface area contributed by atoms with Gasteiger partial charge in [0.15, 0.2) is 0 Å². The van der Waals surface area contributed by atoms with Gasteiger partial charge in [0.05, 0.1) is 11.5 Å². The number of pyridine rings is 1. The van der Waals surface area contributed by atoms with Gasteiger partial charge in [-0.25, -0.2) is 9.37 Å². The van der Waals surface area contributed by atoms with E-state index in [2.05, 4.69) is 10.3 Å². The van der Waals surface area contributed by atoms with Gasteiger partial charge in [-0.1, -0.05) is 30.3 Å². The second-order valence-electron chi connectivity index (χ2n) is 7.49. The monoisotopic (exact) mass is 441 g/mol. The number of carbonyl (C=O) groups excluding carboxylic acids is 1. The molecule has 1 saturated heterocycles. The molecule has 2 aromatic carbocycles. The maximum atomic E-state index is 13.4. The van der Waals surface area contributed by atoms with Crippen LogP contribution in [-0.2, 0) is 6.54 Å². The number of benzene rings is 2. The van der Waals surface area contributed by atoms with E-state index in [-0.39, 0.29) is 11.7 Å². The van der Waals surface area contributed by atoms with Crippen molar-refractivity contribution in [2.24, 2.45) is 0 Å². The van der Waals surface area contributed by atoms with Gasteiger partial charge in [0.2, 0.25) is 0 Å². The van der Waals surface area contributed by atoms with Crippen molar-refractivity contribution in [2.75, 3.05) is 29.5 Å². The fourth-order valence-corrected chi connectivity index (χ4v) is 4.66. The zero-order valence-corrected chi connectivity index (χ0v) is 17.7. The number of anilines is 1. The third-order valence-electron chi connectivity index (χ3n) is 5.27. The van der Waals surface area contributed by atoms with Crippen molar-refractivity contribution >= 4 is 22.3 Å². The number of hydrogen-bond donors (Lipinski definition) is 3. The van der Waals surface area contributed by atoms with E-state index in [1.165, 1.54) is 12.1 Å². The van der Waals surface area contributed by atoms with E-state index in [0.717, 1.165) is 22.5 Å². The quantitative estimate of drug-likeness (QED) is 0.547. The van der Waals surface area contributed by atoms with Gasteiger partial charge in [0.1, 0.15) is 11.6 Å². The molecule has 0 saturated carbocycles. The summed E-state index contributed by atoms with van der Waals surface area (Å²) in [4.78, 5) is 18.9. The van der Waals surface area contributed by atoms with Crippen LogP contribution in [0.4, 0.5) is 10.2 Å². The number of rotatable bonds is 5. The first-order valence-electron chi connectivity index (χ1n) is 9.97. The van der Waals surface area contributed by atoms with Crippen LogP contribution in [0.3, 0.4) is 0 Å². The molecule has 6 nitrogen and oxygen atoms in total. The summed E-state index contributed by atoms with van der Waals surface area (Å²) >= 11 is 0. The van der Waals surface area contributed by atoms with Gasteiger partial charge in [-0.2, -0.15) is 10.6 Å². The molecule has 8 heteroatoms. The number of nitrogens with zero attached hydrogens (tertiary/aromatic N) is 2. The minimum Gasteiger partial charge on any atom is -0.353 e. The lowest BCUT2D eigenvalue weighted by atomic mass is 10.0. The molecular weight excluding hydrogens is 417 g/mol. The first-order chi connectivity index (χ1) is 14.9. The molecule has 1 amide bonds. The van der Waals surface area contributed by atoms with Gasteiger partial charge in [-0.15, -0.1) is 0 Å². The van der Waals surface area contributed by atoms with Crippen LogP contribution >= 0.6 is 10.6 Å². The van der Waals surface area contributed by atoms with Gasteiger partial charge in [0, 0.05) is 31.4 Å². The molecule has 0 radical (unpaired) electrons. The van der Waals surface area contributed by atoms with Crippen LogP contribution < -0.4 is 10.2 Å². The average molecular weight is 442 g/mol. The number of halogens is 1. The lowest BCUT2D eigenvalue weighted by Crippen LogP contribution is -2.38. The van der Waals surface area contributed by atoms with Gasteiger partial charge in [-0.3, -0.25) is 13.9 Å². The number of nitrogens with one attached hydrogen (secondary N) is 1. The van der Waals surface area contributed by atoms with Gasteiger partial charge < -0.3 is 10.2 Å². The highest BCUT2D eigenvalue weighted by molar-refractivity contribution is 8.24. The highest BCUT2D eigenvalue weighted by Gasteiger charge is 2.22. The highest BCUT2D eigenvalue weighted by atomic mass is 32.3. The van der Waals surface area contributed by atoms with Crippen molar-refractivity contribution in [3.63, 3.8) is 0 Å². The van der Waals surface area contributed by atoms with Crippen molar-refractivity contribution in [1.82, 2.24) is 10.3 Å². The summed E-state index contributed by atoms with van der Waals surface area (Å²) in [6.45, 7) is 1.48. The van der Waals surface area contributed by atoms with Crippen molar-refractivity contribution < 1.29 is 18.3 Å². The maximum absolute atomic E-state index is 13.4. The molecule has 3 N–H and O–H groups in total. The summed E-state index contributed by atoms with van der Waals surface area (Å²) in [5.41, 5.74) is 3.00. The molecule has 0 aliphatic carbocycles. The van der Waals surface area contributed by atoms with Crippen molar-refractivity contribution in [1.29, 1.82) is 0 Å². The van der Waals surface area contributed by atoms with Crippen molar-refractivity contribution in [3.8, 4) is 11.1 Å². The zero-order chi connectivity index (χ0) is 21.8. The molecule has 3 aromatic rings. The molecule has 1 aromatic heterocycles. The molecule has 31 heavy (non-hydrogen) atoms. The minimum atomic E-state index is -2.43. The average Bonchev–Trinajstić information content (AvgIpc) is 2.78. The molecule has 2 heterocycles. The number of hydrogen-bond acceptors (Lipinski definition) is 5. The van der Waals surface area contributed by atoms with Crippen LogP contribution in [0.1, 0.15) is 15.9 Å². The Kier molecular flexibility index (Phi) is 6.22. The predicted molar refractivity (Wildman–Crippen MR) is 122 cm³/mol. The Morgan fingerprint density at radius 1 is 1.03 bits per heavy atom. The van der Waals surface area contributed by atoms with Crippen LogP contribution in [0.15, 0.2) is 66.9 Å². The topological polar surface area (TPSA) is 85.7 Å². The Balaban J connectivity index is 1.32. The van der Waals surface area contributed by atoms with E-state index in [0.29, 0.717) is 36.7 Å². The molecule has 0 unspecified atom stereocenters. The van der Waals surface area contributed by atoms with E-state index in [1.54, 1.807) is 36.5 Å². The third-order valence-corrected chi connectivity index (χ3v) is 6.94. The minimum absolute atomic E-state index is 0.198. The Hall–Kier alpha value is -2.94. The SMILES string of the molecule is O=C(NCc1ccc(N2CCS(O)(O)CC2)nc1)c1ccc(-c2cccc(F)c2)cc1. The maximum Gasteiger partial charge on any atom is 0.251 e. The Bertz CT molecular complexity index is 1050. The van der Waals surface area contributed by atoms with E-state index in [4.69, 9.17) is 0 Å². The number of carbonyl (C=O) groups is 1. The van der Waals surface area contributed by atoms with Crippen LogP contribution in [0.5, 0.6) is 0 Å². The highest BCUT2D eigenvalue weighted by Crippen LogP contribution is 2.40. The Labute approximate surface area is 182 Å². The summed E-state index contributed by atoms with van der Waals surface area (Å²) in [5.74, 6) is 1.03. The van der Waals surface area contributed by atoms with Crippen LogP contribution in [0.25, 0.3) is 11.1 Å². The molecule has 0 bridgehead atoms. The smallest absolute Gasteiger partial charge is 0.251 e. The lowest BCUT2D eigenvalue weighted by Gasteiger charge is -2.41. The Morgan fingerprint density at radius 2 is 1.77 bits per heavy atom. The first-order valence-corrected chi connectivity index (χ1v) is 11.9. The fourth-order valence-electron chi connectivity index (χ4n) is 3.43. The molecule has 1 aliphatic rings. The van der Waals surface area contributed by atoms with Crippen molar-refractivity contribution in [3.05, 3.63) is 83.8 Å². The molecule has 0 spiro atoms. The summed E-state index contributed by atoms with van der Waals surface area (Å²) in [5, 5.41) is 2.88. The van der Waals surface area contributed by atoms with Gasteiger partial charge in [0.25, 0.3) is 5.91 Å². The normalized spacial score (nSPS) is 16.5. The zero-order valence-electron chi connectivity index (χ0n) is 16.9. The van der Waals surface area contributed by atoms with E-state index in [1.807, 2.05) is 23.1 Å². The summed E-state index contributed by atoms with van der Waals surface area (Å²) in [6, 6.07) is 17.2. The second kappa shape index (κ2) is 9.05. The standard InChI is InChI=1S/C23H24FN3O3S/c24-21-3-1-2-20(14-21)18-5-7-19(8-6-18)23(28)26-16-17-4-9-22(25-15-17)27-10-12-31(29,30)13-11-27/h1-9,14-15,29-30H,10-13,16H2,(H,26,28). The summed E-state index contributed by atoms with van der Waals surface area (Å²) in [7, 11) is -2.43. The molecule has 1 aliphatic heterocycles. The Morgan fingerprint density at radius 3 is 2.42 bits per heavy atom. The van der Waals surface area contributed by atoms with Crippen LogP contribution in [0, 0.1) is 5.82 Å². The summed E-state index contributed by atoms with van der Waals surface area (Å²) < 4.78 is 32.8. The van der Waals surface area contributed by atoms with Crippen LogP contribution in [-0.4, -0.2) is 44.6 Å². The van der Waals surface area contributed by atoms with Crippen molar-refractivity contribution in [2.45, 2.75) is 6.54 Å².